The zero-order valence-electron chi connectivity index (χ0n) is 26.4. The third kappa shape index (κ3) is 9.07. The molecule has 0 saturated carbocycles. The third-order valence-corrected chi connectivity index (χ3v) is 10.3. The molecule has 0 aliphatic carbocycles. The van der Waals surface area contributed by atoms with Crippen LogP contribution in [-0.2, 0) is 55.9 Å². The average molecular weight is 688 g/mol. The van der Waals surface area contributed by atoms with Crippen molar-refractivity contribution in [3.63, 3.8) is 0 Å². The standard InChI is InChI=1S/C35H37N5O6S2/c1-2-46-32(41)20-29-19-27-21-40(17-16-31(27)47-29)35(43)30(38-34(42)26-12-10-25(11-13-26)33(36)37)18-23-8-14-28(15-9-23)39-48(44,45)22-24-6-4-3-5-7-24/h3-15,19,30,39H,2,16-18,20-22H2,1H3,(H3,36,37)(H,38,42). The van der Waals surface area contributed by atoms with Gasteiger partial charge in [-0.1, -0.05) is 54.6 Å². The van der Waals surface area contributed by atoms with Crippen LogP contribution in [-0.4, -0.2) is 56.1 Å². The van der Waals surface area contributed by atoms with E-state index in [1.807, 2.05) is 12.1 Å². The van der Waals surface area contributed by atoms with Gasteiger partial charge in [0.2, 0.25) is 15.9 Å². The highest BCUT2D eigenvalue weighted by atomic mass is 32.2. The van der Waals surface area contributed by atoms with Gasteiger partial charge in [-0.25, -0.2) is 8.42 Å². The number of nitrogen functional groups attached to an aromatic ring is 1. The number of nitrogens with one attached hydrogen (secondary N) is 3. The number of esters is 1. The lowest BCUT2D eigenvalue weighted by molar-refractivity contribution is -0.142. The van der Waals surface area contributed by atoms with E-state index in [0.717, 1.165) is 20.9 Å². The van der Waals surface area contributed by atoms with E-state index in [2.05, 4.69) is 10.0 Å². The van der Waals surface area contributed by atoms with Gasteiger partial charge in [0.25, 0.3) is 5.91 Å². The average Bonchev–Trinajstić information content (AvgIpc) is 3.46. The Morgan fingerprint density at radius 3 is 2.33 bits per heavy atom. The van der Waals surface area contributed by atoms with Gasteiger partial charge in [0, 0.05) is 46.1 Å². The van der Waals surface area contributed by atoms with Crippen LogP contribution in [0.5, 0.6) is 0 Å². The highest BCUT2D eigenvalue weighted by molar-refractivity contribution is 7.91. The molecule has 0 spiro atoms. The Bertz CT molecular complexity index is 1890. The number of amidine groups is 1. The van der Waals surface area contributed by atoms with Crippen molar-refractivity contribution < 1.29 is 27.5 Å². The van der Waals surface area contributed by atoms with Gasteiger partial charge >= 0.3 is 5.97 Å². The molecule has 4 aromatic rings. The molecule has 13 heteroatoms. The third-order valence-electron chi connectivity index (χ3n) is 7.78. The summed E-state index contributed by atoms with van der Waals surface area (Å²) in [6.45, 7) is 2.87. The summed E-state index contributed by atoms with van der Waals surface area (Å²) in [5.41, 5.74) is 9.07. The van der Waals surface area contributed by atoms with Gasteiger partial charge in [-0.3, -0.25) is 24.5 Å². The number of nitrogens with zero attached hydrogens (tertiary/aromatic N) is 1. The summed E-state index contributed by atoms with van der Waals surface area (Å²) in [5, 5.41) is 10.5. The molecule has 250 valence electrons. The van der Waals surface area contributed by atoms with Crippen LogP contribution in [0, 0.1) is 5.41 Å². The van der Waals surface area contributed by atoms with Crippen LogP contribution in [0.2, 0.25) is 0 Å². The van der Waals surface area contributed by atoms with Crippen molar-refractivity contribution in [3.05, 3.63) is 123 Å². The summed E-state index contributed by atoms with van der Waals surface area (Å²) < 4.78 is 33.1. The molecule has 0 saturated heterocycles. The first-order valence-electron chi connectivity index (χ1n) is 15.4. The zero-order chi connectivity index (χ0) is 34.3. The molecule has 2 heterocycles. The molecule has 1 aliphatic heterocycles. The van der Waals surface area contributed by atoms with Crippen molar-refractivity contribution in [1.29, 1.82) is 5.41 Å². The summed E-state index contributed by atoms with van der Waals surface area (Å²) in [7, 11) is -3.65. The normalized spacial score (nSPS) is 13.2. The maximum absolute atomic E-state index is 14.0. The van der Waals surface area contributed by atoms with Crippen LogP contribution < -0.4 is 15.8 Å². The molecule has 5 N–H and O–H groups in total. The zero-order valence-corrected chi connectivity index (χ0v) is 28.0. The first-order valence-corrected chi connectivity index (χ1v) is 17.9. The summed E-state index contributed by atoms with van der Waals surface area (Å²) in [5.74, 6) is -1.31. The van der Waals surface area contributed by atoms with Crippen LogP contribution in [0.25, 0.3) is 0 Å². The van der Waals surface area contributed by atoms with Crippen LogP contribution in [0.1, 0.15) is 49.3 Å². The number of nitrogens with two attached hydrogens (primary N) is 1. The largest absolute Gasteiger partial charge is 0.466 e. The quantitative estimate of drug-likeness (QED) is 0.0935. The number of benzene rings is 3. The number of rotatable bonds is 13. The maximum atomic E-state index is 14.0. The first kappa shape index (κ1) is 34.3. The highest BCUT2D eigenvalue weighted by Crippen LogP contribution is 2.29. The lowest BCUT2D eigenvalue weighted by Gasteiger charge is -2.31. The van der Waals surface area contributed by atoms with E-state index >= 15 is 0 Å². The SMILES string of the molecule is CCOC(=O)Cc1cc2c(s1)CCN(C(=O)C(Cc1ccc(NS(=O)(=O)Cc3ccccc3)cc1)NC(=O)c1ccc(C(=N)N)cc1)C2. The van der Waals surface area contributed by atoms with Gasteiger partial charge in [0.05, 0.1) is 18.8 Å². The fourth-order valence-electron chi connectivity index (χ4n) is 5.44. The van der Waals surface area contributed by atoms with Gasteiger partial charge < -0.3 is 20.7 Å². The first-order chi connectivity index (χ1) is 23.0. The molecule has 1 unspecified atom stereocenters. The van der Waals surface area contributed by atoms with Gasteiger partial charge in [0.15, 0.2) is 0 Å². The van der Waals surface area contributed by atoms with Crippen molar-refractivity contribution >= 4 is 50.7 Å². The van der Waals surface area contributed by atoms with E-state index in [9.17, 15) is 22.8 Å². The highest BCUT2D eigenvalue weighted by Gasteiger charge is 2.30. The Morgan fingerprint density at radius 1 is 0.979 bits per heavy atom. The second-order valence-corrected chi connectivity index (χ2v) is 14.4. The number of anilines is 1. The van der Waals surface area contributed by atoms with E-state index in [-0.39, 0.29) is 36.3 Å². The molecule has 1 aromatic heterocycles. The summed E-state index contributed by atoms with van der Waals surface area (Å²) in [4.78, 5) is 43.1. The minimum Gasteiger partial charge on any atom is -0.466 e. The number of sulfonamides is 1. The van der Waals surface area contributed by atoms with Crippen molar-refractivity contribution in [3.8, 4) is 0 Å². The number of thiophene rings is 1. The molecule has 2 amide bonds. The number of carbonyl (C=O) groups is 3. The Morgan fingerprint density at radius 2 is 1.67 bits per heavy atom. The molecule has 0 radical (unpaired) electrons. The van der Waals surface area contributed by atoms with E-state index < -0.39 is 22.0 Å². The predicted molar refractivity (Wildman–Crippen MR) is 185 cm³/mol. The van der Waals surface area contributed by atoms with E-state index in [4.69, 9.17) is 15.9 Å². The molecule has 0 fully saturated rings. The lowest BCUT2D eigenvalue weighted by atomic mass is 10.0. The van der Waals surface area contributed by atoms with Gasteiger partial charge in [0.1, 0.15) is 11.9 Å². The summed E-state index contributed by atoms with van der Waals surface area (Å²) >= 11 is 1.55. The molecule has 5 rings (SSSR count). The molecular weight excluding hydrogens is 651 g/mol. The lowest BCUT2D eigenvalue weighted by Crippen LogP contribution is -2.50. The Labute approximate surface area is 283 Å². The summed E-state index contributed by atoms with van der Waals surface area (Å²) in [6, 6.07) is 22.8. The minimum absolute atomic E-state index is 0.121. The van der Waals surface area contributed by atoms with Crippen molar-refractivity contribution in [2.45, 2.75) is 44.5 Å². The minimum atomic E-state index is -3.65. The van der Waals surface area contributed by atoms with Crippen molar-refractivity contribution in [1.82, 2.24) is 10.2 Å². The van der Waals surface area contributed by atoms with E-state index in [1.54, 1.807) is 96.0 Å². The fraction of sp³-hybridized carbons (Fsp3) is 0.257. The van der Waals surface area contributed by atoms with Gasteiger partial charge in [-0.15, -0.1) is 11.3 Å². The molecule has 11 nitrogen and oxygen atoms in total. The number of fused-ring (bicyclic) bond motifs is 1. The number of hydrogen-bond donors (Lipinski definition) is 4. The monoisotopic (exact) mass is 687 g/mol. The van der Waals surface area contributed by atoms with Crippen LogP contribution in [0.4, 0.5) is 5.69 Å². The van der Waals surface area contributed by atoms with Crippen molar-refractivity contribution in [2.24, 2.45) is 5.73 Å². The predicted octanol–water partition coefficient (Wildman–Crippen LogP) is 4.01. The van der Waals surface area contributed by atoms with E-state index in [1.165, 1.54) is 0 Å². The molecular formula is C35H37N5O6S2. The van der Waals surface area contributed by atoms with Gasteiger partial charge in [-0.2, -0.15) is 0 Å². The van der Waals surface area contributed by atoms with Gasteiger partial charge in [-0.05, 0) is 60.4 Å². The summed E-state index contributed by atoms with van der Waals surface area (Å²) in [6.07, 6.45) is 0.965. The molecule has 48 heavy (non-hydrogen) atoms. The molecule has 3 aromatic carbocycles. The topological polar surface area (TPSA) is 172 Å². The number of ether oxygens (including phenoxy) is 1. The van der Waals surface area contributed by atoms with Crippen LogP contribution in [0.3, 0.4) is 0 Å². The van der Waals surface area contributed by atoms with Crippen LogP contribution >= 0.6 is 11.3 Å². The number of hydrogen-bond acceptors (Lipinski definition) is 8. The second-order valence-electron chi connectivity index (χ2n) is 11.4. The van der Waals surface area contributed by atoms with Crippen LogP contribution in [0.15, 0.2) is 84.9 Å². The van der Waals surface area contributed by atoms with Crippen molar-refractivity contribution in [2.75, 3.05) is 17.9 Å². The smallest absolute Gasteiger partial charge is 0.311 e. The fourth-order valence-corrected chi connectivity index (χ4v) is 7.80. The number of amides is 2. The Balaban J connectivity index is 1.31. The van der Waals surface area contributed by atoms with E-state index in [0.29, 0.717) is 48.5 Å². The number of carbonyl (C=O) groups excluding carboxylic acids is 3. The maximum Gasteiger partial charge on any atom is 0.311 e. The molecule has 1 atom stereocenters. The molecule has 0 bridgehead atoms. The Kier molecular flexibility index (Phi) is 10.9. The second kappa shape index (κ2) is 15.3. The Hall–Kier alpha value is -5.01. The molecule has 1 aliphatic rings.